The molecular formula is C11H15N3. The van der Waals surface area contributed by atoms with Crippen molar-refractivity contribution in [3.8, 4) is 0 Å². The number of aromatic nitrogens is 2. The number of nitrogens with zero attached hydrogens (tertiary/aromatic N) is 2. The van der Waals surface area contributed by atoms with Gasteiger partial charge in [-0.3, -0.25) is 4.98 Å². The van der Waals surface area contributed by atoms with E-state index in [-0.39, 0.29) is 6.04 Å². The summed E-state index contributed by atoms with van der Waals surface area (Å²) < 4.78 is 2.12. The fourth-order valence-corrected chi connectivity index (χ4v) is 1.71. The molecule has 2 rings (SSSR count). The highest BCUT2D eigenvalue weighted by molar-refractivity contribution is 5.53. The van der Waals surface area contributed by atoms with Crippen LogP contribution >= 0.6 is 0 Å². The van der Waals surface area contributed by atoms with Gasteiger partial charge in [-0.05, 0) is 25.5 Å². The molecule has 2 aromatic rings. The Hall–Kier alpha value is -1.35. The van der Waals surface area contributed by atoms with E-state index < -0.39 is 0 Å². The highest BCUT2D eigenvalue weighted by Crippen LogP contribution is 2.18. The maximum absolute atomic E-state index is 6.01. The van der Waals surface area contributed by atoms with Crippen molar-refractivity contribution >= 4 is 5.52 Å². The van der Waals surface area contributed by atoms with E-state index in [0.29, 0.717) is 0 Å². The van der Waals surface area contributed by atoms with E-state index in [1.165, 1.54) is 0 Å². The molecule has 74 valence electrons. The van der Waals surface area contributed by atoms with Gasteiger partial charge in [0.25, 0.3) is 0 Å². The van der Waals surface area contributed by atoms with Gasteiger partial charge in [-0.25, -0.2) is 0 Å². The Kier molecular flexibility index (Phi) is 2.25. The van der Waals surface area contributed by atoms with Crippen LogP contribution in [-0.2, 0) is 0 Å². The SMILES string of the molecule is CCC(N)c1ccc2c(C)nccn12. The number of fused-ring (bicyclic) bond motifs is 1. The standard InChI is InChI=1S/C11H15N3/c1-3-9(12)11-5-4-10-8(2)13-6-7-14(10)11/h4-7,9H,3,12H2,1-2H3. The molecule has 2 aromatic heterocycles. The van der Waals surface area contributed by atoms with Crippen molar-refractivity contribution < 1.29 is 0 Å². The van der Waals surface area contributed by atoms with Crippen molar-refractivity contribution in [1.29, 1.82) is 0 Å². The zero-order valence-electron chi connectivity index (χ0n) is 8.57. The minimum atomic E-state index is 0.110. The molecule has 0 bridgehead atoms. The summed E-state index contributed by atoms with van der Waals surface area (Å²) in [7, 11) is 0. The Bertz CT molecular complexity index is 445. The molecule has 1 unspecified atom stereocenters. The Morgan fingerprint density at radius 2 is 2.29 bits per heavy atom. The van der Waals surface area contributed by atoms with Crippen molar-refractivity contribution in [1.82, 2.24) is 9.38 Å². The average molecular weight is 189 g/mol. The molecule has 1 atom stereocenters. The second-order valence-electron chi connectivity index (χ2n) is 3.54. The highest BCUT2D eigenvalue weighted by Gasteiger charge is 2.09. The largest absolute Gasteiger partial charge is 0.323 e. The van der Waals surface area contributed by atoms with Crippen molar-refractivity contribution in [2.45, 2.75) is 26.3 Å². The van der Waals surface area contributed by atoms with Gasteiger partial charge in [0, 0.05) is 24.1 Å². The van der Waals surface area contributed by atoms with Crippen molar-refractivity contribution in [2.24, 2.45) is 5.73 Å². The van der Waals surface area contributed by atoms with Gasteiger partial charge >= 0.3 is 0 Å². The van der Waals surface area contributed by atoms with E-state index in [4.69, 9.17) is 5.73 Å². The van der Waals surface area contributed by atoms with Crippen LogP contribution in [-0.4, -0.2) is 9.38 Å². The lowest BCUT2D eigenvalue weighted by Crippen LogP contribution is -2.11. The predicted octanol–water partition coefficient (Wildman–Crippen LogP) is 2.05. The Morgan fingerprint density at radius 3 is 3.00 bits per heavy atom. The number of aryl methyl sites for hydroxylation is 1. The van der Waals surface area contributed by atoms with Gasteiger partial charge in [-0.1, -0.05) is 6.92 Å². The quantitative estimate of drug-likeness (QED) is 0.785. The van der Waals surface area contributed by atoms with Gasteiger partial charge in [0.2, 0.25) is 0 Å². The molecule has 0 aliphatic carbocycles. The average Bonchev–Trinajstić information content (AvgIpc) is 2.62. The molecule has 0 amide bonds. The number of hydrogen-bond donors (Lipinski definition) is 1. The lowest BCUT2D eigenvalue weighted by atomic mass is 10.2. The van der Waals surface area contributed by atoms with Gasteiger partial charge < -0.3 is 10.1 Å². The maximum atomic E-state index is 6.01. The second kappa shape index (κ2) is 3.42. The first-order valence-corrected chi connectivity index (χ1v) is 4.92. The molecule has 0 saturated carbocycles. The first-order valence-electron chi connectivity index (χ1n) is 4.92. The molecule has 0 radical (unpaired) electrons. The van der Waals surface area contributed by atoms with Crippen LogP contribution in [0.25, 0.3) is 5.52 Å². The lowest BCUT2D eigenvalue weighted by Gasteiger charge is -2.09. The summed E-state index contributed by atoms with van der Waals surface area (Å²) in [4.78, 5) is 4.24. The first-order chi connectivity index (χ1) is 6.74. The third kappa shape index (κ3) is 1.30. The lowest BCUT2D eigenvalue weighted by molar-refractivity contribution is 0.668. The fourth-order valence-electron chi connectivity index (χ4n) is 1.71. The third-order valence-electron chi connectivity index (χ3n) is 2.62. The number of nitrogens with two attached hydrogens (primary N) is 1. The molecule has 0 aliphatic heterocycles. The zero-order valence-corrected chi connectivity index (χ0v) is 8.57. The summed E-state index contributed by atoms with van der Waals surface area (Å²) in [5.41, 5.74) is 9.36. The summed E-state index contributed by atoms with van der Waals surface area (Å²) >= 11 is 0. The van der Waals surface area contributed by atoms with Crippen molar-refractivity contribution in [3.05, 3.63) is 35.9 Å². The predicted molar refractivity (Wildman–Crippen MR) is 57.1 cm³/mol. The van der Waals surface area contributed by atoms with Crippen LogP contribution in [0.3, 0.4) is 0 Å². The Balaban J connectivity index is 2.63. The molecule has 2 N–H and O–H groups in total. The summed E-state index contributed by atoms with van der Waals surface area (Å²) in [5, 5.41) is 0. The number of hydrogen-bond acceptors (Lipinski definition) is 2. The monoisotopic (exact) mass is 189 g/mol. The molecule has 0 fully saturated rings. The molecule has 0 aromatic carbocycles. The third-order valence-corrected chi connectivity index (χ3v) is 2.62. The second-order valence-corrected chi connectivity index (χ2v) is 3.54. The van der Waals surface area contributed by atoms with E-state index in [9.17, 15) is 0 Å². The van der Waals surface area contributed by atoms with E-state index in [1.54, 1.807) is 0 Å². The smallest absolute Gasteiger partial charge is 0.0666 e. The van der Waals surface area contributed by atoms with Gasteiger partial charge in [0.15, 0.2) is 0 Å². The molecule has 3 heteroatoms. The minimum absolute atomic E-state index is 0.110. The van der Waals surface area contributed by atoms with E-state index in [2.05, 4.69) is 28.4 Å². The van der Waals surface area contributed by atoms with Crippen molar-refractivity contribution in [3.63, 3.8) is 0 Å². The van der Waals surface area contributed by atoms with Gasteiger partial charge in [0.05, 0.1) is 11.2 Å². The van der Waals surface area contributed by atoms with Gasteiger partial charge in [0.1, 0.15) is 0 Å². The summed E-state index contributed by atoms with van der Waals surface area (Å²) in [5.74, 6) is 0. The van der Waals surface area contributed by atoms with Crippen LogP contribution in [0.4, 0.5) is 0 Å². The first kappa shape index (κ1) is 9.21. The summed E-state index contributed by atoms with van der Waals surface area (Å²) in [6, 6.07) is 4.27. The van der Waals surface area contributed by atoms with Crippen LogP contribution in [0.2, 0.25) is 0 Å². The van der Waals surface area contributed by atoms with E-state index >= 15 is 0 Å². The topological polar surface area (TPSA) is 43.3 Å². The van der Waals surface area contributed by atoms with Gasteiger partial charge in [-0.2, -0.15) is 0 Å². The van der Waals surface area contributed by atoms with Crippen LogP contribution in [0.15, 0.2) is 24.5 Å². The summed E-state index contributed by atoms with van der Waals surface area (Å²) in [6.45, 7) is 4.11. The van der Waals surface area contributed by atoms with Crippen LogP contribution < -0.4 is 5.73 Å². The zero-order chi connectivity index (χ0) is 10.1. The van der Waals surface area contributed by atoms with Crippen molar-refractivity contribution in [2.75, 3.05) is 0 Å². The minimum Gasteiger partial charge on any atom is -0.323 e. The Morgan fingerprint density at radius 1 is 1.50 bits per heavy atom. The van der Waals surface area contributed by atoms with Crippen LogP contribution in [0.1, 0.15) is 30.8 Å². The summed E-state index contributed by atoms with van der Waals surface area (Å²) in [6.07, 6.45) is 4.73. The number of rotatable bonds is 2. The molecule has 0 saturated heterocycles. The van der Waals surface area contributed by atoms with Crippen LogP contribution in [0.5, 0.6) is 0 Å². The highest BCUT2D eigenvalue weighted by atomic mass is 14.9. The van der Waals surface area contributed by atoms with Gasteiger partial charge in [-0.15, -0.1) is 0 Å². The maximum Gasteiger partial charge on any atom is 0.0666 e. The van der Waals surface area contributed by atoms with Crippen LogP contribution in [0, 0.1) is 6.92 Å². The van der Waals surface area contributed by atoms with E-state index in [1.807, 2.05) is 19.3 Å². The molecule has 14 heavy (non-hydrogen) atoms. The molecular weight excluding hydrogens is 174 g/mol. The fraction of sp³-hybridized carbons (Fsp3) is 0.364. The molecule has 0 aliphatic rings. The normalized spacial score (nSPS) is 13.4. The molecule has 0 spiro atoms. The molecule has 2 heterocycles. The molecule has 3 nitrogen and oxygen atoms in total. The Labute approximate surface area is 83.6 Å². The van der Waals surface area contributed by atoms with E-state index in [0.717, 1.165) is 23.3 Å².